The number of aliphatic carboxylic acids is 1. The van der Waals surface area contributed by atoms with E-state index in [1.807, 2.05) is 12.1 Å². The van der Waals surface area contributed by atoms with Crippen molar-refractivity contribution in [3.8, 4) is 16.9 Å². The molecule has 9 heteroatoms. The number of carbonyl (C=O) groups excluding carboxylic acids is 1. The minimum absolute atomic E-state index is 0.0190. The van der Waals surface area contributed by atoms with Crippen LogP contribution in [0.4, 0.5) is 18.9 Å². The Kier molecular flexibility index (Phi) is 9.80. The third-order valence-corrected chi connectivity index (χ3v) is 6.36. The van der Waals surface area contributed by atoms with E-state index in [2.05, 4.69) is 19.2 Å². The number of ether oxygens (including phenoxy) is 1. The van der Waals surface area contributed by atoms with Crippen LogP contribution < -0.4 is 10.1 Å². The van der Waals surface area contributed by atoms with Gasteiger partial charge in [-0.15, -0.1) is 0 Å². The Hall–Kier alpha value is -3.52. The first-order chi connectivity index (χ1) is 17.9. The van der Waals surface area contributed by atoms with E-state index >= 15 is 0 Å². The van der Waals surface area contributed by atoms with E-state index in [1.165, 1.54) is 6.07 Å². The van der Waals surface area contributed by atoms with Crippen LogP contribution >= 0.6 is 11.6 Å². The molecule has 0 bridgehead atoms. The fourth-order valence-electron chi connectivity index (χ4n) is 3.75. The monoisotopic (exact) mass is 547 g/mol. The van der Waals surface area contributed by atoms with E-state index in [4.69, 9.17) is 21.4 Å². The molecule has 0 amide bonds. The minimum atomic E-state index is -4.45. The van der Waals surface area contributed by atoms with Crippen molar-refractivity contribution < 1.29 is 32.6 Å². The Bertz CT molecular complexity index is 1240. The topological polar surface area (TPSA) is 75.6 Å². The van der Waals surface area contributed by atoms with Gasteiger partial charge in [0.05, 0.1) is 11.6 Å². The second-order valence-corrected chi connectivity index (χ2v) is 9.68. The highest BCUT2D eigenvalue weighted by molar-refractivity contribution is 6.33. The molecule has 0 saturated carbocycles. The molecule has 0 aliphatic carbocycles. The van der Waals surface area contributed by atoms with Gasteiger partial charge in [0, 0.05) is 34.7 Å². The lowest BCUT2D eigenvalue weighted by atomic mass is 10.0. The second kappa shape index (κ2) is 12.8. The van der Waals surface area contributed by atoms with Crippen molar-refractivity contribution in [3.05, 3.63) is 82.9 Å². The molecular formula is C29H29ClF3NO4. The molecule has 202 valence electrons. The highest BCUT2D eigenvalue weighted by atomic mass is 35.5. The van der Waals surface area contributed by atoms with E-state index < -0.39 is 17.7 Å². The number of rotatable bonds is 12. The molecule has 0 heterocycles. The maximum atomic E-state index is 12.9. The number of nitrogens with one attached hydrogen (secondary N) is 1. The van der Waals surface area contributed by atoms with Gasteiger partial charge in [0.25, 0.3) is 0 Å². The number of alkyl halides is 3. The van der Waals surface area contributed by atoms with Crippen molar-refractivity contribution in [1.82, 2.24) is 0 Å². The molecule has 1 atom stereocenters. The molecule has 0 aromatic heterocycles. The lowest BCUT2D eigenvalue weighted by Crippen LogP contribution is -2.32. The molecule has 0 radical (unpaired) electrons. The van der Waals surface area contributed by atoms with Crippen LogP contribution in [-0.4, -0.2) is 29.5 Å². The Balaban J connectivity index is 1.58. The summed E-state index contributed by atoms with van der Waals surface area (Å²) in [4.78, 5) is 22.9. The molecule has 3 rings (SSSR count). The third kappa shape index (κ3) is 8.25. The number of halogens is 4. The smallest absolute Gasteiger partial charge is 0.416 e. The second-order valence-electron chi connectivity index (χ2n) is 9.27. The number of carboxylic acid groups (broad SMARTS) is 1. The molecule has 3 aromatic carbocycles. The summed E-state index contributed by atoms with van der Waals surface area (Å²) in [6.07, 6.45) is -4.00. The van der Waals surface area contributed by atoms with Gasteiger partial charge in [0.2, 0.25) is 0 Å². The van der Waals surface area contributed by atoms with Crippen molar-refractivity contribution in [2.24, 2.45) is 5.92 Å². The standard InChI is InChI=1S/C29H29ClF3NO4/c1-18(2)26(34-22-11-6-20(7-12-22)27(35)4-3-5-28(36)37)17-38-23-13-8-19(9-14-23)24-15-10-21(16-25(24)30)29(31,32)33/h6-16,18,26,34H,3-5,17H2,1-2H3,(H,36,37)/t26-/m1/s1. The summed E-state index contributed by atoms with van der Waals surface area (Å²) in [5.74, 6) is -0.189. The highest BCUT2D eigenvalue weighted by Gasteiger charge is 2.31. The summed E-state index contributed by atoms with van der Waals surface area (Å²) in [5, 5.41) is 12.1. The van der Waals surface area contributed by atoms with Crippen molar-refractivity contribution >= 4 is 29.0 Å². The maximum absolute atomic E-state index is 12.9. The van der Waals surface area contributed by atoms with Gasteiger partial charge in [0.1, 0.15) is 12.4 Å². The zero-order valence-electron chi connectivity index (χ0n) is 21.0. The number of carboxylic acids is 1. The zero-order valence-corrected chi connectivity index (χ0v) is 21.8. The van der Waals surface area contributed by atoms with Crippen LogP contribution in [-0.2, 0) is 11.0 Å². The third-order valence-electron chi connectivity index (χ3n) is 6.05. The summed E-state index contributed by atoms with van der Waals surface area (Å²) in [5.41, 5.74) is 1.73. The number of hydrogen-bond donors (Lipinski definition) is 2. The van der Waals surface area contributed by atoms with E-state index in [0.717, 1.165) is 17.8 Å². The predicted molar refractivity (Wildman–Crippen MR) is 142 cm³/mol. The molecule has 0 aliphatic rings. The normalized spacial score (nSPS) is 12.3. The van der Waals surface area contributed by atoms with Crippen LogP contribution in [0.3, 0.4) is 0 Å². The Morgan fingerprint density at radius 3 is 2.18 bits per heavy atom. The van der Waals surface area contributed by atoms with Gasteiger partial charge in [-0.3, -0.25) is 9.59 Å². The van der Waals surface area contributed by atoms with Gasteiger partial charge in [-0.25, -0.2) is 0 Å². The molecule has 0 saturated heterocycles. The molecule has 0 spiro atoms. The number of hydrogen-bond acceptors (Lipinski definition) is 4. The molecule has 5 nitrogen and oxygen atoms in total. The molecule has 0 unspecified atom stereocenters. The van der Waals surface area contributed by atoms with E-state index in [9.17, 15) is 22.8 Å². The molecular weight excluding hydrogens is 519 g/mol. The van der Waals surface area contributed by atoms with E-state index in [-0.39, 0.29) is 35.6 Å². The number of carbonyl (C=O) groups is 2. The van der Waals surface area contributed by atoms with Crippen LogP contribution in [0.2, 0.25) is 5.02 Å². The number of benzene rings is 3. The molecule has 2 N–H and O–H groups in total. The Morgan fingerprint density at radius 1 is 0.974 bits per heavy atom. The van der Waals surface area contributed by atoms with Gasteiger partial charge >= 0.3 is 12.1 Å². The van der Waals surface area contributed by atoms with Gasteiger partial charge in [-0.05, 0) is 66.4 Å². The van der Waals surface area contributed by atoms with Gasteiger partial charge < -0.3 is 15.2 Å². The van der Waals surface area contributed by atoms with Crippen molar-refractivity contribution in [3.63, 3.8) is 0 Å². The zero-order chi connectivity index (χ0) is 27.9. The fraction of sp³-hybridized carbons (Fsp3) is 0.310. The number of Topliss-reactive ketones (excluding diaryl/α,β-unsaturated/α-hetero) is 1. The van der Waals surface area contributed by atoms with Crippen LogP contribution in [0.25, 0.3) is 11.1 Å². The first kappa shape index (κ1) is 29.0. The largest absolute Gasteiger partial charge is 0.491 e. The number of anilines is 1. The van der Waals surface area contributed by atoms with Crippen molar-refractivity contribution in [2.75, 3.05) is 11.9 Å². The summed E-state index contributed by atoms with van der Waals surface area (Å²) in [7, 11) is 0. The first-order valence-electron chi connectivity index (χ1n) is 12.2. The van der Waals surface area contributed by atoms with Gasteiger partial charge in [-0.2, -0.15) is 13.2 Å². The Morgan fingerprint density at radius 2 is 1.63 bits per heavy atom. The molecule has 0 fully saturated rings. The van der Waals surface area contributed by atoms with Crippen molar-refractivity contribution in [1.29, 1.82) is 0 Å². The van der Waals surface area contributed by atoms with Gasteiger partial charge in [0.15, 0.2) is 5.78 Å². The predicted octanol–water partition coefficient (Wildman–Crippen LogP) is 7.98. The lowest BCUT2D eigenvalue weighted by Gasteiger charge is -2.24. The Labute approximate surface area is 224 Å². The maximum Gasteiger partial charge on any atom is 0.416 e. The van der Waals surface area contributed by atoms with E-state index in [0.29, 0.717) is 35.5 Å². The summed E-state index contributed by atoms with van der Waals surface area (Å²) < 4.78 is 44.7. The highest BCUT2D eigenvalue weighted by Crippen LogP contribution is 2.36. The van der Waals surface area contributed by atoms with E-state index in [1.54, 1.807) is 36.4 Å². The molecule has 0 aliphatic heterocycles. The SMILES string of the molecule is CC(C)[C@@H](COc1ccc(-c2ccc(C(F)(F)F)cc2Cl)cc1)Nc1ccc(C(=O)CCCC(=O)O)cc1. The first-order valence-corrected chi connectivity index (χ1v) is 12.5. The summed E-state index contributed by atoms with van der Waals surface area (Å²) in [6, 6.07) is 17.3. The summed E-state index contributed by atoms with van der Waals surface area (Å²) >= 11 is 6.11. The van der Waals surface area contributed by atoms with Crippen LogP contribution in [0.5, 0.6) is 5.75 Å². The summed E-state index contributed by atoms with van der Waals surface area (Å²) in [6.45, 7) is 4.46. The van der Waals surface area contributed by atoms with Crippen LogP contribution in [0.1, 0.15) is 49.0 Å². The van der Waals surface area contributed by atoms with Crippen LogP contribution in [0, 0.1) is 5.92 Å². The fourth-order valence-corrected chi connectivity index (χ4v) is 4.04. The molecule has 38 heavy (non-hydrogen) atoms. The van der Waals surface area contributed by atoms with Crippen LogP contribution in [0.15, 0.2) is 66.7 Å². The van der Waals surface area contributed by atoms with Gasteiger partial charge in [-0.1, -0.05) is 43.6 Å². The number of ketones is 1. The lowest BCUT2D eigenvalue weighted by molar-refractivity contribution is -0.138. The quantitative estimate of drug-likeness (QED) is 0.225. The minimum Gasteiger partial charge on any atom is -0.491 e. The van der Waals surface area contributed by atoms with Crippen molar-refractivity contribution in [2.45, 2.75) is 45.3 Å². The molecule has 3 aromatic rings. The average Bonchev–Trinajstić information content (AvgIpc) is 2.86. The average molecular weight is 548 g/mol.